The van der Waals surface area contributed by atoms with Gasteiger partial charge in [-0.25, -0.2) is 0 Å². The van der Waals surface area contributed by atoms with Gasteiger partial charge < -0.3 is 14.6 Å². The summed E-state index contributed by atoms with van der Waals surface area (Å²) in [6, 6.07) is 13.1. The standard InChI is InChI=1S/C19H14O6/c20-16-10-5-1-3-7-14(10)24-18(22)12(16)9-13-17(21)11-6-2-4-8-15(11)25-19(13)23/h1-8,12-13,16,20H,9H2. The molecule has 2 heterocycles. The lowest BCUT2D eigenvalue weighted by molar-refractivity contribution is -0.148. The van der Waals surface area contributed by atoms with Crippen molar-refractivity contribution in [2.75, 3.05) is 0 Å². The molecule has 6 nitrogen and oxygen atoms in total. The van der Waals surface area contributed by atoms with Crippen LogP contribution in [-0.2, 0) is 9.59 Å². The van der Waals surface area contributed by atoms with Crippen molar-refractivity contribution in [1.82, 2.24) is 0 Å². The molecule has 2 aliphatic rings. The van der Waals surface area contributed by atoms with Gasteiger partial charge in [0.05, 0.1) is 17.6 Å². The van der Waals surface area contributed by atoms with E-state index in [2.05, 4.69) is 0 Å². The van der Waals surface area contributed by atoms with Crippen molar-refractivity contribution >= 4 is 17.7 Å². The van der Waals surface area contributed by atoms with Gasteiger partial charge in [0.2, 0.25) is 0 Å². The number of ketones is 1. The fraction of sp³-hybridized carbons (Fsp3) is 0.211. The van der Waals surface area contributed by atoms with E-state index in [0.717, 1.165) is 0 Å². The molecule has 0 spiro atoms. The summed E-state index contributed by atoms with van der Waals surface area (Å²) in [4.78, 5) is 37.1. The largest absolute Gasteiger partial charge is 0.426 e. The summed E-state index contributed by atoms with van der Waals surface area (Å²) >= 11 is 0. The van der Waals surface area contributed by atoms with Crippen LogP contribution in [-0.4, -0.2) is 22.8 Å². The molecule has 25 heavy (non-hydrogen) atoms. The lowest BCUT2D eigenvalue weighted by Gasteiger charge is -2.31. The van der Waals surface area contributed by atoms with E-state index in [-0.39, 0.29) is 12.2 Å². The highest BCUT2D eigenvalue weighted by atomic mass is 16.5. The molecule has 126 valence electrons. The van der Waals surface area contributed by atoms with Crippen molar-refractivity contribution in [3.8, 4) is 11.5 Å². The quantitative estimate of drug-likeness (QED) is 0.512. The number of Topliss-reactive ketones (excluding diaryl/α,β-unsaturated/α-hetero) is 1. The Bertz CT molecular complexity index is 887. The minimum Gasteiger partial charge on any atom is -0.426 e. The molecule has 2 aromatic rings. The number of rotatable bonds is 2. The Kier molecular flexibility index (Phi) is 3.62. The molecule has 0 saturated heterocycles. The van der Waals surface area contributed by atoms with E-state index in [1.54, 1.807) is 48.5 Å². The number of hydrogen-bond acceptors (Lipinski definition) is 6. The summed E-state index contributed by atoms with van der Waals surface area (Å²) in [6.45, 7) is 0. The van der Waals surface area contributed by atoms with E-state index in [0.29, 0.717) is 16.9 Å². The summed E-state index contributed by atoms with van der Waals surface area (Å²) in [6.07, 6.45) is -1.31. The maximum atomic E-state index is 12.6. The maximum Gasteiger partial charge on any atom is 0.322 e. The first kappa shape index (κ1) is 15.5. The summed E-state index contributed by atoms with van der Waals surface area (Å²) in [5.74, 6) is -3.45. The predicted molar refractivity (Wildman–Crippen MR) is 85.0 cm³/mol. The summed E-state index contributed by atoms with van der Waals surface area (Å²) in [5.41, 5.74) is 0.760. The first-order valence-corrected chi connectivity index (χ1v) is 7.90. The minimum atomic E-state index is -1.15. The van der Waals surface area contributed by atoms with Crippen molar-refractivity contribution < 1.29 is 29.0 Å². The van der Waals surface area contributed by atoms with Gasteiger partial charge in [-0.1, -0.05) is 30.3 Å². The number of carbonyl (C=O) groups is 3. The Labute approximate surface area is 143 Å². The Morgan fingerprint density at radius 1 is 0.840 bits per heavy atom. The van der Waals surface area contributed by atoms with Gasteiger partial charge >= 0.3 is 11.9 Å². The van der Waals surface area contributed by atoms with Gasteiger partial charge in [-0.15, -0.1) is 0 Å². The lowest BCUT2D eigenvalue weighted by atomic mass is 9.81. The summed E-state index contributed by atoms with van der Waals surface area (Å²) < 4.78 is 10.4. The zero-order valence-corrected chi connectivity index (χ0v) is 13.0. The number of para-hydroxylation sites is 2. The van der Waals surface area contributed by atoms with E-state index in [1.807, 2.05) is 0 Å². The highest BCUT2D eigenvalue weighted by molar-refractivity contribution is 6.13. The number of fused-ring (bicyclic) bond motifs is 2. The second-order valence-electron chi connectivity index (χ2n) is 6.08. The lowest BCUT2D eigenvalue weighted by Crippen LogP contribution is -2.40. The Morgan fingerprint density at radius 3 is 2.28 bits per heavy atom. The van der Waals surface area contributed by atoms with Crippen LogP contribution in [0.3, 0.4) is 0 Å². The number of carbonyl (C=O) groups excluding carboxylic acids is 3. The molecule has 0 amide bonds. The van der Waals surface area contributed by atoms with Crippen LogP contribution in [0.2, 0.25) is 0 Å². The Hall–Kier alpha value is -2.99. The van der Waals surface area contributed by atoms with E-state index < -0.39 is 35.7 Å². The number of hydrogen-bond donors (Lipinski definition) is 1. The first-order chi connectivity index (χ1) is 12.1. The number of aliphatic hydroxyl groups is 1. The Balaban J connectivity index is 1.63. The fourth-order valence-corrected chi connectivity index (χ4v) is 3.26. The van der Waals surface area contributed by atoms with Gasteiger partial charge in [-0.2, -0.15) is 0 Å². The van der Waals surface area contributed by atoms with Crippen LogP contribution in [0.15, 0.2) is 48.5 Å². The highest BCUT2D eigenvalue weighted by Gasteiger charge is 2.44. The zero-order chi connectivity index (χ0) is 17.6. The van der Waals surface area contributed by atoms with Crippen LogP contribution in [0.5, 0.6) is 11.5 Å². The molecule has 0 radical (unpaired) electrons. The third-order valence-electron chi connectivity index (χ3n) is 4.59. The summed E-state index contributed by atoms with van der Waals surface area (Å²) in [7, 11) is 0. The minimum absolute atomic E-state index is 0.166. The molecule has 3 unspecified atom stereocenters. The van der Waals surface area contributed by atoms with Crippen LogP contribution in [0.25, 0.3) is 0 Å². The third-order valence-corrected chi connectivity index (χ3v) is 4.59. The van der Waals surface area contributed by atoms with E-state index in [9.17, 15) is 19.5 Å². The van der Waals surface area contributed by atoms with Gasteiger partial charge in [0.15, 0.2) is 5.78 Å². The predicted octanol–water partition coefficient (Wildman–Crippen LogP) is 2.06. The van der Waals surface area contributed by atoms with E-state index >= 15 is 0 Å². The highest BCUT2D eigenvalue weighted by Crippen LogP contribution is 2.40. The Morgan fingerprint density at radius 2 is 1.48 bits per heavy atom. The molecule has 3 atom stereocenters. The van der Waals surface area contributed by atoms with Gasteiger partial charge in [-0.3, -0.25) is 14.4 Å². The molecule has 4 rings (SSSR count). The SMILES string of the molecule is O=C1Oc2ccccc2C(=O)C1CC1C(=O)Oc2ccccc2C1O. The topological polar surface area (TPSA) is 89.9 Å². The molecule has 6 heteroatoms. The first-order valence-electron chi connectivity index (χ1n) is 7.90. The van der Waals surface area contributed by atoms with Crippen molar-refractivity contribution in [3.05, 3.63) is 59.7 Å². The van der Waals surface area contributed by atoms with E-state index in [4.69, 9.17) is 9.47 Å². The van der Waals surface area contributed by atoms with Crippen LogP contribution in [0.4, 0.5) is 0 Å². The summed E-state index contributed by atoms with van der Waals surface area (Å²) in [5, 5.41) is 10.5. The van der Waals surface area contributed by atoms with Crippen molar-refractivity contribution in [2.45, 2.75) is 12.5 Å². The number of benzene rings is 2. The average Bonchev–Trinajstić information content (AvgIpc) is 2.61. The normalized spacial score (nSPS) is 24.8. The molecule has 0 saturated carbocycles. The molecular weight excluding hydrogens is 324 g/mol. The fourth-order valence-electron chi connectivity index (χ4n) is 3.26. The molecular formula is C19H14O6. The molecule has 0 fully saturated rings. The molecule has 2 aromatic carbocycles. The van der Waals surface area contributed by atoms with E-state index in [1.165, 1.54) is 0 Å². The maximum absolute atomic E-state index is 12.6. The van der Waals surface area contributed by atoms with Crippen molar-refractivity contribution in [3.63, 3.8) is 0 Å². The number of aliphatic hydroxyl groups excluding tert-OH is 1. The smallest absolute Gasteiger partial charge is 0.322 e. The van der Waals surface area contributed by atoms with Crippen LogP contribution < -0.4 is 9.47 Å². The van der Waals surface area contributed by atoms with Crippen LogP contribution in [0, 0.1) is 11.8 Å². The molecule has 2 aliphatic heterocycles. The molecule has 0 aromatic heterocycles. The molecule has 0 bridgehead atoms. The van der Waals surface area contributed by atoms with Gasteiger partial charge in [0.1, 0.15) is 17.4 Å². The van der Waals surface area contributed by atoms with Crippen molar-refractivity contribution in [1.29, 1.82) is 0 Å². The van der Waals surface area contributed by atoms with Crippen molar-refractivity contribution in [2.24, 2.45) is 11.8 Å². The van der Waals surface area contributed by atoms with Gasteiger partial charge in [0.25, 0.3) is 0 Å². The number of ether oxygens (including phenoxy) is 2. The van der Waals surface area contributed by atoms with Gasteiger partial charge in [-0.05, 0) is 24.6 Å². The monoisotopic (exact) mass is 338 g/mol. The second kappa shape index (κ2) is 5.82. The zero-order valence-electron chi connectivity index (χ0n) is 13.0. The van der Waals surface area contributed by atoms with Crippen LogP contribution in [0.1, 0.15) is 28.4 Å². The average molecular weight is 338 g/mol. The second-order valence-corrected chi connectivity index (χ2v) is 6.08. The third kappa shape index (κ3) is 2.51. The number of esters is 2. The molecule has 0 aliphatic carbocycles. The van der Waals surface area contributed by atoms with Gasteiger partial charge in [0, 0.05) is 5.56 Å². The molecule has 1 N–H and O–H groups in total. The van der Waals surface area contributed by atoms with Crippen LogP contribution >= 0.6 is 0 Å².